The zero-order valence-corrected chi connectivity index (χ0v) is 48.2. The fourth-order valence-corrected chi connectivity index (χ4v) is 10.6. The van der Waals surface area contributed by atoms with Crippen LogP contribution >= 0.6 is 69.6 Å². The maximum atomic E-state index is 14.7. The topological polar surface area (TPSA) is 299 Å². The largest absolute Gasteiger partial charge is 0.441 e. The molecule has 6 N–H and O–H groups in total. The molecule has 24 nitrogen and oxygen atoms in total. The Morgan fingerprint density at radius 2 is 0.976 bits per heavy atom. The molecule has 2 aliphatic rings. The van der Waals surface area contributed by atoms with E-state index >= 15 is 0 Å². The average Bonchev–Trinajstić information content (AvgIpc) is 2.73. The molecule has 0 aliphatic carbocycles. The predicted molar refractivity (Wildman–Crippen MR) is 294 cm³/mol. The van der Waals surface area contributed by atoms with E-state index in [1.54, 1.807) is 13.8 Å². The smallest absolute Gasteiger partial charge is 0.407 e. The number of aliphatic hydroxyl groups is 4. The van der Waals surface area contributed by atoms with Gasteiger partial charge in [-0.3, -0.25) is 0 Å². The van der Waals surface area contributed by atoms with Crippen LogP contribution in [0, 0.1) is 37.1 Å². The molecule has 0 saturated carbocycles. The highest BCUT2D eigenvalue weighted by molar-refractivity contribution is 6.35. The number of carbonyl (C=O) groups excluding carboxylic acids is 2. The van der Waals surface area contributed by atoms with E-state index in [2.05, 4.69) is 51.4 Å². The molecule has 85 heavy (non-hydrogen) atoms. The number of aliphatic hydroxyl groups excluding tert-OH is 4. The van der Waals surface area contributed by atoms with Gasteiger partial charge in [0.05, 0.1) is 47.0 Å². The van der Waals surface area contributed by atoms with Crippen molar-refractivity contribution < 1.29 is 66.5 Å². The van der Waals surface area contributed by atoms with E-state index in [0.29, 0.717) is 0 Å². The van der Waals surface area contributed by atoms with Crippen LogP contribution in [0.15, 0.2) is 73.1 Å². The maximum absolute atomic E-state index is 14.7. The number of nitrogens with zero attached hydrogens (tertiary/aromatic N) is 12. The number of nitrogens with one attached hydrogen (secondary N) is 2. The van der Waals surface area contributed by atoms with Crippen molar-refractivity contribution in [3.8, 4) is 33.9 Å². The first-order chi connectivity index (χ1) is 40.6. The maximum Gasteiger partial charge on any atom is 0.407 e. The Bertz CT molecular complexity index is 3520. The Hall–Kier alpha value is -6.80. The van der Waals surface area contributed by atoms with Crippen LogP contribution in [0.5, 0.6) is 0 Å². The van der Waals surface area contributed by atoms with Crippen LogP contribution in [0.1, 0.15) is 54.0 Å². The number of ether oxygens (including phenoxy) is 4. The molecule has 2 saturated heterocycles. The Morgan fingerprint density at radius 3 is 1.34 bits per heavy atom. The van der Waals surface area contributed by atoms with Crippen LogP contribution < -0.4 is 10.6 Å². The van der Waals surface area contributed by atoms with E-state index < -0.39 is 120 Å². The highest BCUT2D eigenvalue weighted by Crippen LogP contribution is 2.44. The monoisotopic (exact) mass is 1300 g/mol. The SMILES string of the molecule is Cc1nc([C@H]2O[C@@H](CO)[C@@H](O)[C@@H](n3cc(-c4cc(F)c(Cl)c(F)c4)nn3)[C@@H]2OC(=O)NCCCNC(=O)O[C@@H]2[C@@H](n3cc(-c4cc(F)c(Cl)c(F)c4)nn3)[C@@H](O)[C@@H](CO)O[C@H]2c2nc(C)nn2-c2cc(Cl)ccc2Cl)n(-c2cc(Cl)ccc2Cl)n1. The third-order valence-electron chi connectivity index (χ3n) is 13.6. The van der Waals surface area contributed by atoms with E-state index in [0.717, 1.165) is 33.6 Å². The minimum absolute atomic E-state index is 0.0282. The summed E-state index contributed by atoms with van der Waals surface area (Å²) in [5, 5.41) is 74.5. The van der Waals surface area contributed by atoms with E-state index in [-0.39, 0.29) is 96.8 Å². The van der Waals surface area contributed by atoms with Gasteiger partial charge >= 0.3 is 12.2 Å². The standard InChI is InChI=1S/C51H44Cl6F4N14O10/c1-20-64-48(74(68-20)34-14-24(52)4-6-26(34)54)46-44(40(42(78)36(18-76)82-46)72-16-32(66-70-72)22-10-28(58)38(56)29(59)11-22)84-50(80)62-8-3-9-63-51(81)85-45-41(73-17-33(67-71-73)23-12-30(60)39(57)31(61)13-23)43(79)37(19-77)83-47(45)49-65-21(2)69-75(49)35-15-25(53)5-7-27(35)55/h4-7,10-17,36-37,40-47,76-79H,3,8-9,18-19H2,1-2H3,(H,62,80)(H,63,81)/t36-,37+,40+,41-,42+,43-,44-,45+,46-,47+. The normalized spacial score (nSPS) is 22.4. The van der Waals surface area contributed by atoms with Gasteiger partial charge in [0.2, 0.25) is 0 Å². The van der Waals surface area contributed by atoms with Crippen molar-refractivity contribution in [2.24, 2.45) is 0 Å². The average molecular weight is 1300 g/mol. The molecule has 0 radical (unpaired) electrons. The Morgan fingerprint density at radius 1 is 0.600 bits per heavy atom. The van der Waals surface area contributed by atoms with Gasteiger partial charge in [0.1, 0.15) is 92.9 Å². The molecule has 2 amide bonds. The summed E-state index contributed by atoms with van der Waals surface area (Å²) >= 11 is 37.4. The van der Waals surface area contributed by atoms with Gasteiger partial charge in [-0.15, -0.1) is 10.2 Å². The predicted octanol–water partition coefficient (Wildman–Crippen LogP) is 7.81. The molecule has 4 aromatic carbocycles. The van der Waals surface area contributed by atoms with Gasteiger partial charge in [-0.05, 0) is 80.9 Å². The van der Waals surface area contributed by atoms with E-state index in [1.807, 2.05) is 0 Å². The molecule has 2 fully saturated rings. The van der Waals surface area contributed by atoms with Crippen molar-refractivity contribution in [1.82, 2.24) is 70.2 Å². The first-order valence-electron chi connectivity index (χ1n) is 25.3. The van der Waals surface area contributed by atoms with Gasteiger partial charge < -0.3 is 50.0 Å². The quantitative estimate of drug-likeness (QED) is 0.0305. The van der Waals surface area contributed by atoms with E-state index in [1.165, 1.54) is 58.2 Å². The summed E-state index contributed by atoms with van der Waals surface area (Å²) < 4.78 is 87.8. The van der Waals surface area contributed by atoms with E-state index in [9.17, 15) is 47.6 Å². The molecular formula is C51H44Cl6F4N14O10. The van der Waals surface area contributed by atoms with Crippen molar-refractivity contribution in [3.63, 3.8) is 0 Å². The number of aryl methyl sites for hydroxylation is 2. The molecule has 0 spiro atoms. The van der Waals surface area contributed by atoms with Crippen molar-refractivity contribution in [1.29, 1.82) is 0 Å². The second kappa shape index (κ2) is 25.6. The van der Waals surface area contributed by atoms with Crippen LogP contribution in [0.3, 0.4) is 0 Å². The first-order valence-corrected chi connectivity index (χ1v) is 27.6. The van der Waals surface area contributed by atoms with Gasteiger partial charge in [-0.2, -0.15) is 10.2 Å². The number of amides is 2. The summed E-state index contributed by atoms with van der Waals surface area (Å²) in [6.45, 7) is 1.06. The second-order valence-electron chi connectivity index (χ2n) is 19.2. The summed E-state index contributed by atoms with van der Waals surface area (Å²) in [6.07, 6.45) is -12.4. The minimum atomic E-state index is -1.72. The summed E-state index contributed by atoms with van der Waals surface area (Å²) in [4.78, 5) is 37.1. The lowest BCUT2D eigenvalue weighted by Gasteiger charge is -2.43. The molecule has 34 heteroatoms. The van der Waals surface area contributed by atoms with Crippen LogP contribution in [-0.2, 0) is 18.9 Å². The number of rotatable bonds is 16. The van der Waals surface area contributed by atoms with Crippen LogP contribution in [0.4, 0.5) is 27.2 Å². The highest BCUT2D eigenvalue weighted by atomic mass is 35.5. The van der Waals surface area contributed by atoms with Gasteiger partial charge in [-0.1, -0.05) is 80.0 Å². The number of hydrogen-bond donors (Lipinski definition) is 6. The van der Waals surface area contributed by atoms with Gasteiger partial charge in [-0.25, -0.2) is 55.8 Å². The fraction of sp³-hybridized carbons (Fsp3) is 0.333. The van der Waals surface area contributed by atoms with Crippen LogP contribution in [0.2, 0.25) is 30.1 Å². The molecule has 10 atom stereocenters. The van der Waals surface area contributed by atoms with Crippen LogP contribution in [0.25, 0.3) is 33.9 Å². The molecule has 8 aromatic rings. The number of halogens is 10. The number of alkyl carbamates (subject to hydrolysis) is 2. The number of benzene rings is 4. The number of hydrogen-bond acceptors (Lipinski definition) is 18. The lowest BCUT2D eigenvalue weighted by Crippen LogP contribution is -2.55. The minimum Gasteiger partial charge on any atom is -0.441 e. The molecule has 6 heterocycles. The van der Waals surface area contributed by atoms with Gasteiger partial charge in [0, 0.05) is 34.3 Å². The Balaban J connectivity index is 0.903. The first kappa shape index (κ1) is 61.3. The molecule has 0 unspecified atom stereocenters. The lowest BCUT2D eigenvalue weighted by molar-refractivity contribution is -0.210. The molecule has 4 aromatic heterocycles. The van der Waals surface area contributed by atoms with Crippen molar-refractivity contribution in [2.75, 3.05) is 26.3 Å². The van der Waals surface area contributed by atoms with Crippen LogP contribution in [-0.4, -0.2) is 155 Å². The third kappa shape index (κ3) is 12.7. The Kier molecular flexibility index (Phi) is 18.5. The molecule has 10 rings (SSSR count). The molecule has 448 valence electrons. The lowest BCUT2D eigenvalue weighted by atomic mass is 9.91. The third-order valence-corrected chi connectivity index (χ3v) is 15.4. The van der Waals surface area contributed by atoms with Crippen molar-refractivity contribution >= 4 is 81.8 Å². The number of carbonyl (C=O) groups is 2. The van der Waals surface area contributed by atoms with Crippen molar-refractivity contribution in [3.05, 3.63) is 150 Å². The summed E-state index contributed by atoms with van der Waals surface area (Å²) in [6, 6.07) is 9.68. The summed E-state index contributed by atoms with van der Waals surface area (Å²) in [7, 11) is 0. The molecule has 0 bridgehead atoms. The summed E-state index contributed by atoms with van der Waals surface area (Å²) in [5.41, 5.74) is 0.0231. The Labute approximate surface area is 507 Å². The number of aromatic nitrogens is 12. The summed E-state index contributed by atoms with van der Waals surface area (Å²) in [5.74, 6) is -4.15. The molecule has 2 aliphatic heterocycles. The second-order valence-corrected chi connectivity index (χ2v) is 21.6. The zero-order chi connectivity index (χ0) is 60.7. The molecular weight excluding hydrogens is 1260 g/mol. The van der Waals surface area contributed by atoms with Gasteiger partial charge in [0.15, 0.2) is 36.1 Å². The van der Waals surface area contributed by atoms with Gasteiger partial charge in [0.25, 0.3) is 0 Å². The zero-order valence-electron chi connectivity index (χ0n) is 43.6. The highest BCUT2D eigenvalue weighted by Gasteiger charge is 2.53. The van der Waals surface area contributed by atoms with Crippen molar-refractivity contribution in [2.45, 2.75) is 81.2 Å². The van der Waals surface area contributed by atoms with E-state index in [4.69, 9.17) is 88.6 Å². The fourth-order valence-electron chi connectivity index (χ4n) is 9.67.